The van der Waals surface area contributed by atoms with Gasteiger partial charge < -0.3 is 10.3 Å². The summed E-state index contributed by atoms with van der Waals surface area (Å²) < 4.78 is 2.07. The SMILES string of the molecule is CN(Cc1nccn1C)C1CC(N)c2ccccc21. The maximum absolute atomic E-state index is 6.23. The van der Waals surface area contributed by atoms with E-state index in [4.69, 9.17) is 5.73 Å². The van der Waals surface area contributed by atoms with Crippen LogP contribution in [-0.4, -0.2) is 21.5 Å². The Kier molecular flexibility index (Phi) is 3.12. The average Bonchev–Trinajstić information content (AvgIpc) is 2.95. The van der Waals surface area contributed by atoms with Crippen LogP contribution < -0.4 is 5.73 Å². The Balaban J connectivity index is 1.82. The van der Waals surface area contributed by atoms with Crippen molar-refractivity contribution in [2.75, 3.05) is 7.05 Å². The van der Waals surface area contributed by atoms with Crippen LogP contribution in [0.2, 0.25) is 0 Å². The van der Waals surface area contributed by atoms with Crippen molar-refractivity contribution in [2.24, 2.45) is 12.8 Å². The minimum atomic E-state index is 0.157. The molecule has 2 unspecified atom stereocenters. The smallest absolute Gasteiger partial charge is 0.122 e. The van der Waals surface area contributed by atoms with Gasteiger partial charge in [-0.1, -0.05) is 24.3 Å². The predicted octanol–water partition coefficient (Wildman–Crippen LogP) is 2.00. The zero-order chi connectivity index (χ0) is 13.4. The molecule has 4 nitrogen and oxygen atoms in total. The Morgan fingerprint density at radius 1 is 1.37 bits per heavy atom. The highest BCUT2D eigenvalue weighted by molar-refractivity contribution is 5.37. The van der Waals surface area contributed by atoms with Gasteiger partial charge in [-0.05, 0) is 24.6 Å². The van der Waals surface area contributed by atoms with E-state index in [2.05, 4.69) is 45.8 Å². The molecule has 1 aliphatic carbocycles. The number of fused-ring (bicyclic) bond motifs is 1. The van der Waals surface area contributed by atoms with Crippen LogP contribution in [0.15, 0.2) is 36.7 Å². The van der Waals surface area contributed by atoms with E-state index >= 15 is 0 Å². The summed E-state index contributed by atoms with van der Waals surface area (Å²) in [6.07, 6.45) is 4.81. The molecular weight excluding hydrogens is 236 g/mol. The van der Waals surface area contributed by atoms with Gasteiger partial charge in [0, 0.05) is 31.5 Å². The number of rotatable bonds is 3. The first-order valence-electron chi connectivity index (χ1n) is 6.67. The second kappa shape index (κ2) is 4.79. The van der Waals surface area contributed by atoms with Crippen molar-refractivity contribution >= 4 is 0 Å². The molecule has 1 aromatic heterocycles. The summed E-state index contributed by atoms with van der Waals surface area (Å²) in [5, 5.41) is 0. The molecule has 3 rings (SSSR count). The lowest BCUT2D eigenvalue weighted by Gasteiger charge is -2.25. The van der Waals surface area contributed by atoms with Crippen molar-refractivity contribution in [1.82, 2.24) is 14.5 Å². The Bertz CT molecular complexity index is 575. The maximum Gasteiger partial charge on any atom is 0.122 e. The zero-order valence-electron chi connectivity index (χ0n) is 11.5. The molecule has 1 heterocycles. The lowest BCUT2D eigenvalue weighted by Crippen LogP contribution is -2.24. The Hall–Kier alpha value is -1.65. The molecule has 4 heteroatoms. The third kappa shape index (κ3) is 2.17. The normalized spacial score (nSPS) is 21.9. The first-order chi connectivity index (χ1) is 9.16. The average molecular weight is 256 g/mol. The summed E-state index contributed by atoms with van der Waals surface area (Å²) in [5.41, 5.74) is 8.89. The van der Waals surface area contributed by atoms with Crippen LogP contribution in [0.1, 0.15) is 35.5 Å². The van der Waals surface area contributed by atoms with Gasteiger partial charge >= 0.3 is 0 Å². The summed E-state index contributed by atoms with van der Waals surface area (Å²) in [5.74, 6) is 1.08. The van der Waals surface area contributed by atoms with E-state index in [9.17, 15) is 0 Å². The molecule has 19 heavy (non-hydrogen) atoms. The Morgan fingerprint density at radius 2 is 2.11 bits per heavy atom. The number of hydrogen-bond donors (Lipinski definition) is 1. The summed E-state index contributed by atoms with van der Waals surface area (Å²) in [6.45, 7) is 0.842. The van der Waals surface area contributed by atoms with Crippen LogP contribution in [0.3, 0.4) is 0 Å². The molecule has 0 saturated carbocycles. The van der Waals surface area contributed by atoms with Crippen molar-refractivity contribution in [3.63, 3.8) is 0 Å². The second-order valence-corrected chi connectivity index (χ2v) is 5.36. The van der Waals surface area contributed by atoms with Gasteiger partial charge in [0.1, 0.15) is 5.82 Å². The lowest BCUT2D eigenvalue weighted by atomic mass is 10.1. The number of aryl methyl sites for hydroxylation is 1. The minimum absolute atomic E-state index is 0.157. The van der Waals surface area contributed by atoms with Crippen LogP contribution in [0.25, 0.3) is 0 Å². The third-order valence-electron chi connectivity index (χ3n) is 4.08. The van der Waals surface area contributed by atoms with Gasteiger partial charge in [-0.25, -0.2) is 4.98 Å². The van der Waals surface area contributed by atoms with Crippen molar-refractivity contribution in [1.29, 1.82) is 0 Å². The predicted molar refractivity (Wildman–Crippen MR) is 75.4 cm³/mol. The molecule has 1 aliphatic rings. The van der Waals surface area contributed by atoms with Gasteiger partial charge in [-0.3, -0.25) is 4.90 Å². The van der Waals surface area contributed by atoms with Gasteiger partial charge in [-0.15, -0.1) is 0 Å². The lowest BCUT2D eigenvalue weighted by molar-refractivity contribution is 0.222. The molecule has 0 spiro atoms. The highest BCUT2D eigenvalue weighted by atomic mass is 15.2. The molecule has 0 aliphatic heterocycles. The molecule has 0 fully saturated rings. The van der Waals surface area contributed by atoms with Crippen molar-refractivity contribution in [3.8, 4) is 0 Å². The highest BCUT2D eigenvalue weighted by Crippen LogP contribution is 2.40. The van der Waals surface area contributed by atoms with E-state index in [1.54, 1.807) is 0 Å². The zero-order valence-corrected chi connectivity index (χ0v) is 11.5. The van der Waals surface area contributed by atoms with Gasteiger partial charge in [0.2, 0.25) is 0 Å². The number of benzene rings is 1. The monoisotopic (exact) mass is 256 g/mol. The summed E-state index contributed by atoms with van der Waals surface area (Å²) in [6, 6.07) is 9.06. The molecule has 100 valence electrons. The van der Waals surface area contributed by atoms with Crippen molar-refractivity contribution in [3.05, 3.63) is 53.6 Å². The molecule has 2 atom stereocenters. The molecule has 1 aromatic carbocycles. The molecule has 0 radical (unpaired) electrons. The third-order valence-corrected chi connectivity index (χ3v) is 4.08. The molecule has 2 aromatic rings. The Morgan fingerprint density at radius 3 is 2.79 bits per heavy atom. The van der Waals surface area contributed by atoms with Crippen LogP contribution in [0, 0.1) is 0 Å². The van der Waals surface area contributed by atoms with Crippen LogP contribution in [0.4, 0.5) is 0 Å². The number of hydrogen-bond acceptors (Lipinski definition) is 3. The van der Waals surface area contributed by atoms with Gasteiger partial charge in [0.25, 0.3) is 0 Å². The molecule has 0 saturated heterocycles. The number of nitrogens with zero attached hydrogens (tertiary/aromatic N) is 3. The fourth-order valence-electron chi connectivity index (χ4n) is 2.95. The van der Waals surface area contributed by atoms with Gasteiger partial charge in [-0.2, -0.15) is 0 Å². The number of nitrogens with two attached hydrogens (primary N) is 1. The van der Waals surface area contributed by atoms with Crippen LogP contribution in [0.5, 0.6) is 0 Å². The van der Waals surface area contributed by atoms with E-state index in [1.807, 2.05) is 19.4 Å². The van der Waals surface area contributed by atoms with Crippen LogP contribution >= 0.6 is 0 Å². The number of imidazole rings is 1. The Labute approximate surface area is 113 Å². The van der Waals surface area contributed by atoms with E-state index in [-0.39, 0.29) is 6.04 Å². The van der Waals surface area contributed by atoms with Crippen molar-refractivity contribution in [2.45, 2.75) is 25.0 Å². The fraction of sp³-hybridized carbons (Fsp3) is 0.400. The maximum atomic E-state index is 6.23. The highest BCUT2D eigenvalue weighted by Gasteiger charge is 2.31. The molecule has 2 N–H and O–H groups in total. The molecule has 0 amide bonds. The summed E-state index contributed by atoms with van der Waals surface area (Å²) >= 11 is 0. The topological polar surface area (TPSA) is 47.1 Å². The van der Waals surface area contributed by atoms with Crippen LogP contribution in [-0.2, 0) is 13.6 Å². The second-order valence-electron chi connectivity index (χ2n) is 5.36. The minimum Gasteiger partial charge on any atom is -0.337 e. The van der Waals surface area contributed by atoms with Gasteiger partial charge in [0.15, 0.2) is 0 Å². The van der Waals surface area contributed by atoms with E-state index in [1.165, 1.54) is 11.1 Å². The fourth-order valence-corrected chi connectivity index (χ4v) is 2.95. The quantitative estimate of drug-likeness (QED) is 0.913. The first kappa shape index (κ1) is 12.4. The summed E-state index contributed by atoms with van der Waals surface area (Å²) in [7, 11) is 4.18. The summed E-state index contributed by atoms with van der Waals surface area (Å²) in [4.78, 5) is 6.73. The van der Waals surface area contributed by atoms with E-state index in [0.29, 0.717) is 6.04 Å². The number of aromatic nitrogens is 2. The van der Waals surface area contributed by atoms with E-state index in [0.717, 1.165) is 18.8 Å². The van der Waals surface area contributed by atoms with Crippen molar-refractivity contribution < 1.29 is 0 Å². The molecule has 0 bridgehead atoms. The van der Waals surface area contributed by atoms with Gasteiger partial charge in [0.05, 0.1) is 6.54 Å². The first-order valence-corrected chi connectivity index (χ1v) is 6.67. The largest absolute Gasteiger partial charge is 0.337 e. The standard InChI is InChI=1S/C15H20N4/c1-18-8-7-17-15(18)10-19(2)14-9-13(16)11-5-3-4-6-12(11)14/h3-8,13-14H,9-10,16H2,1-2H3. The molecular formula is C15H20N4. The van der Waals surface area contributed by atoms with E-state index < -0.39 is 0 Å².